The van der Waals surface area contributed by atoms with Gasteiger partial charge in [0.05, 0.1) is 5.69 Å². The van der Waals surface area contributed by atoms with Gasteiger partial charge >= 0.3 is 0 Å². The normalized spacial score (nSPS) is 18.1. The van der Waals surface area contributed by atoms with Gasteiger partial charge < -0.3 is 10.3 Å². The Morgan fingerprint density at radius 2 is 2.00 bits per heavy atom. The van der Waals surface area contributed by atoms with E-state index < -0.39 is 27.5 Å². The van der Waals surface area contributed by atoms with Gasteiger partial charge in [0.1, 0.15) is 16.1 Å². The molecular formula is C21H28FN3OS. The quantitative estimate of drug-likeness (QED) is 0.547. The first-order valence-electron chi connectivity index (χ1n) is 9.38. The van der Waals surface area contributed by atoms with Crippen LogP contribution in [-0.4, -0.2) is 14.3 Å². The Morgan fingerprint density at radius 1 is 1.26 bits per heavy atom. The zero-order chi connectivity index (χ0) is 19.7. The van der Waals surface area contributed by atoms with Crippen molar-refractivity contribution in [1.29, 1.82) is 0 Å². The number of nitrogens with two attached hydrogens (primary N) is 1. The minimum atomic E-state index is -1.33. The van der Waals surface area contributed by atoms with Gasteiger partial charge in [0.25, 0.3) is 0 Å². The summed E-state index contributed by atoms with van der Waals surface area (Å²) in [6.45, 7) is 5.80. The van der Waals surface area contributed by atoms with E-state index >= 15 is 0 Å². The molecule has 0 saturated heterocycles. The van der Waals surface area contributed by atoms with Gasteiger partial charge in [-0.2, -0.15) is 0 Å². The van der Waals surface area contributed by atoms with Crippen LogP contribution in [0.4, 0.5) is 10.1 Å². The van der Waals surface area contributed by atoms with Crippen LogP contribution in [0.25, 0.3) is 0 Å². The van der Waals surface area contributed by atoms with E-state index in [1.807, 2.05) is 32.9 Å². The summed E-state index contributed by atoms with van der Waals surface area (Å²) < 4.78 is 29.9. The van der Waals surface area contributed by atoms with E-state index in [4.69, 9.17) is 5.73 Å². The van der Waals surface area contributed by atoms with Crippen molar-refractivity contribution in [2.45, 2.75) is 56.7 Å². The number of hydrogen-bond acceptors (Lipinski definition) is 4. The standard InChI is InChI=1S/C21H28FN3OS/c1-20(2,3)27(26)25-21(11-10-15-6-7-15,17-5-4-12-24-14-17)16-8-9-18(22)19(23)13-16/h4-5,8-9,12-15,25H,6-7,10-11,23H2,1-3H3/t21-,27-/m1/s1. The second-order valence-corrected chi connectivity index (χ2v) is 10.3. The van der Waals surface area contributed by atoms with Crippen molar-refractivity contribution in [3.8, 4) is 0 Å². The van der Waals surface area contributed by atoms with Gasteiger partial charge in [-0.1, -0.05) is 25.0 Å². The van der Waals surface area contributed by atoms with Gasteiger partial charge in [-0.3, -0.25) is 4.98 Å². The zero-order valence-corrected chi connectivity index (χ0v) is 17.0. The molecule has 1 aromatic heterocycles. The number of nitrogens with one attached hydrogen (secondary N) is 1. The molecule has 0 spiro atoms. The molecular weight excluding hydrogens is 361 g/mol. The fourth-order valence-electron chi connectivity index (χ4n) is 3.19. The van der Waals surface area contributed by atoms with Crippen LogP contribution in [0.15, 0.2) is 42.7 Å². The molecule has 0 bridgehead atoms. The lowest BCUT2D eigenvalue weighted by atomic mass is 9.80. The Kier molecular flexibility index (Phi) is 5.79. The van der Waals surface area contributed by atoms with E-state index in [1.165, 1.54) is 18.9 Å². The second kappa shape index (κ2) is 7.78. The van der Waals surface area contributed by atoms with Crippen molar-refractivity contribution in [3.63, 3.8) is 0 Å². The first-order valence-corrected chi connectivity index (χ1v) is 10.5. The summed E-state index contributed by atoms with van der Waals surface area (Å²) in [5.74, 6) is 0.252. The summed E-state index contributed by atoms with van der Waals surface area (Å²) in [6.07, 6.45) is 7.72. The van der Waals surface area contributed by atoms with Crippen molar-refractivity contribution in [1.82, 2.24) is 9.71 Å². The molecule has 0 radical (unpaired) electrons. The van der Waals surface area contributed by atoms with E-state index in [-0.39, 0.29) is 5.69 Å². The number of hydrogen-bond donors (Lipinski definition) is 2. The summed E-state index contributed by atoms with van der Waals surface area (Å²) in [5, 5.41) is 0. The topological polar surface area (TPSA) is 74.0 Å². The number of benzene rings is 1. The predicted octanol–water partition coefficient (Wildman–Crippen LogP) is 4.29. The number of nitrogen functional groups attached to an aromatic ring is 1. The number of pyridine rings is 1. The molecule has 2 atom stereocenters. The van der Waals surface area contributed by atoms with E-state index in [2.05, 4.69) is 9.71 Å². The minimum Gasteiger partial charge on any atom is -0.598 e. The van der Waals surface area contributed by atoms with Gasteiger partial charge in [0, 0.05) is 23.8 Å². The Labute approximate surface area is 164 Å². The van der Waals surface area contributed by atoms with Crippen LogP contribution >= 0.6 is 0 Å². The molecule has 1 aromatic carbocycles. The molecule has 0 unspecified atom stereocenters. The lowest BCUT2D eigenvalue weighted by molar-refractivity contribution is 0.400. The molecule has 146 valence electrons. The monoisotopic (exact) mass is 389 g/mol. The van der Waals surface area contributed by atoms with E-state index in [1.54, 1.807) is 24.5 Å². The average molecular weight is 390 g/mol. The highest BCUT2D eigenvalue weighted by Gasteiger charge is 2.43. The van der Waals surface area contributed by atoms with Gasteiger partial charge in [0.15, 0.2) is 0 Å². The number of aromatic nitrogens is 1. The Balaban J connectivity index is 2.11. The van der Waals surface area contributed by atoms with Crippen LogP contribution < -0.4 is 10.5 Å². The van der Waals surface area contributed by atoms with E-state index in [9.17, 15) is 8.94 Å². The predicted molar refractivity (Wildman–Crippen MR) is 109 cm³/mol. The van der Waals surface area contributed by atoms with Crippen molar-refractivity contribution < 1.29 is 8.94 Å². The van der Waals surface area contributed by atoms with Crippen LogP contribution in [0.5, 0.6) is 0 Å². The fourth-order valence-corrected chi connectivity index (χ4v) is 4.15. The van der Waals surface area contributed by atoms with Crippen LogP contribution in [-0.2, 0) is 16.9 Å². The molecule has 3 rings (SSSR count). The average Bonchev–Trinajstić information content (AvgIpc) is 3.45. The maximum absolute atomic E-state index is 13.8. The maximum atomic E-state index is 13.8. The number of nitrogens with zero attached hydrogens (tertiary/aromatic N) is 1. The van der Waals surface area contributed by atoms with Crippen LogP contribution in [0, 0.1) is 11.7 Å². The van der Waals surface area contributed by atoms with Crippen LogP contribution in [0.1, 0.15) is 57.6 Å². The highest BCUT2D eigenvalue weighted by molar-refractivity contribution is 7.90. The second-order valence-electron chi connectivity index (χ2n) is 8.35. The number of rotatable bonds is 7. The van der Waals surface area contributed by atoms with Gasteiger partial charge in [-0.25, -0.2) is 4.39 Å². The summed E-state index contributed by atoms with van der Waals surface area (Å²) >= 11 is -1.33. The van der Waals surface area contributed by atoms with Gasteiger partial charge in [-0.15, -0.1) is 4.72 Å². The molecule has 27 heavy (non-hydrogen) atoms. The Hall–Kier alpha value is -1.63. The molecule has 0 aliphatic heterocycles. The summed E-state index contributed by atoms with van der Waals surface area (Å²) in [5.41, 5.74) is 6.96. The van der Waals surface area contributed by atoms with Crippen molar-refractivity contribution in [3.05, 3.63) is 59.7 Å². The lowest BCUT2D eigenvalue weighted by Gasteiger charge is -2.38. The first kappa shape index (κ1) is 20.1. The smallest absolute Gasteiger partial charge is 0.146 e. The summed E-state index contributed by atoms with van der Waals surface area (Å²) in [6, 6.07) is 8.62. The van der Waals surface area contributed by atoms with E-state index in [0.29, 0.717) is 5.92 Å². The third-order valence-electron chi connectivity index (χ3n) is 5.09. The maximum Gasteiger partial charge on any atom is 0.146 e. The SMILES string of the molecule is CC(C)(C)[S@@+]([O-])N[C@@](CCC1CC1)(c1cccnc1)c1ccc(F)c(N)c1. The highest BCUT2D eigenvalue weighted by Crippen LogP contribution is 2.42. The molecule has 1 aliphatic rings. The van der Waals surface area contributed by atoms with Gasteiger partial charge in [0.2, 0.25) is 0 Å². The first-order chi connectivity index (χ1) is 12.7. The zero-order valence-electron chi connectivity index (χ0n) is 16.2. The van der Waals surface area contributed by atoms with Crippen molar-refractivity contribution >= 4 is 17.0 Å². The fraction of sp³-hybridized carbons (Fsp3) is 0.476. The third-order valence-corrected chi connectivity index (χ3v) is 6.74. The molecule has 1 heterocycles. The number of anilines is 1. The Bertz CT molecular complexity index is 777. The molecule has 6 heteroatoms. The van der Waals surface area contributed by atoms with E-state index in [0.717, 1.165) is 24.0 Å². The summed E-state index contributed by atoms with van der Waals surface area (Å²) in [4.78, 5) is 4.28. The largest absolute Gasteiger partial charge is 0.598 e. The molecule has 3 N–H and O–H groups in total. The minimum absolute atomic E-state index is 0.0931. The molecule has 2 aromatic rings. The van der Waals surface area contributed by atoms with Crippen molar-refractivity contribution in [2.75, 3.05) is 5.73 Å². The lowest BCUT2D eigenvalue weighted by Crippen LogP contribution is -2.52. The molecule has 0 amide bonds. The molecule has 1 saturated carbocycles. The Morgan fingerprint density at radius 3 is 2.56 bits per heavy atom. The molecule has 1 aliphatic carbocycles. The van der Waals surface area contributed by atoms with Crippen LogP contribution in [0.3, 0.4) is 0 Å². The van der Waals surface area contributed by atoms with Crippen molar-refractivity contribution in [2.24, 2.45) is 5.92 Å². The van der Waals surface area contributed by atoms with Gasteiger partial charge in [-0.05, 0) is 68.9 Å². The molecule has 1 fully saturated rings. The molecule has 4 nitrogen and oxygen atoms in total. The van der Waals surface area contributed by atoms with Crippen LogP contribution in [0.2, 0.25) is 0 Å². The third kappa shape index (κ3) is 4.62. The highest BCUT2D eigenvalue weighted by atomic mass is 32.2. The number of halogens is 1. The summed E-state index contributed by atoms with van der Waals surface area (Å²) in [7, 11) is 0.